The fourth-order valence-corrected chi connectivity index (χ4v) is 4.85. The largest absolute Gasteiger partial charge is 0.379 e. The minimum absolute atomic E-state index is 0.0360. The highest BCUT2D eigenvalue weighted by atomic mass is 32.2. The summed E-state index contributed by atoms with van der Waals surface area (Å²) in [4.78, 5) is 29.0. The molecule has 1 aliphatic heterocycles. The predicted molar refractivity (Wildman–Crippen MR) is 129 cm³/mol. The number of amides is 2. The van der Waals surface area contributed by atoms with Crippen LogP contribution in [0.4, 0.5) is 4.39 Å². The summed E-state index contributed by atoms with van der Waals surface area (Å²) in [5.74, 6) is -0.774. The standard InChI is InChI=1S/C24H20FN5O2S/c25-17-7-3-6-14-16(12-30(21(14)17)9-4-10-33-24(26)27)20-19(22(31)29-23(20)32)15-11-28-18-8-2-1-5-13(15)18/h1-3,5-8,11-12,28H,4,9-10H2,(H3,26,27)(H,29,31,32). The summed E-state index contributed by atoms with van der Waals surface area (Å²) in [5, 5.41) is 11.2. The van der Waals surface area contributed by atoms with Gasteiger partial charge in [-0.1, -0.05) is 42.1 Å². The number of aryl methyl sites for hydroxylation is 1. The van der Waals surface area contributed by atoms with Crippen LogP contribution in [0.25, 0.3) is 33.0 Å². The van der Waals surface area contributed by atoms with Crippen LogP contribution in [-0.2, 0) is 16.1 Å². The van der Waals surface area contributed by atoms with Crippen LogP contribution in [0.3, 0.4) is 0 Å². The Labute approximate surface area is 192 Å². The lowest BCUT2D eigenvalue weighted by atomic mass is 9.95. The number of fused-ring (bicyclic) bond motifs is 2. The summed E-state index contributed by atoms with van der Waals surface area (Å²) < 4.78 is 16.6. The molecule has 1 aliphatic rings. The summed E-state index contributed by atoms with van der Waals surface area (Å²) in [6.45, 7) is 0.475. The molecular formula is C24H20FN5O2S. The number of aromatic amines is 1. The maximum atomic E-state index is 14.9. The van der Waals surface area contributed by atoms with Gasteiger partial charge in [-0.3, -0.25) is 20.3 Å². The van der Waals surface area contributed by atoms with Gasteiger partial charge in [-0.05, 0) is 18.6 Å². The van der Waals surface area contributed by atoms with Gasteiger partial charge in [-0.15, -0.1) is 0 Å². The van der Waals surface area contributed by atoms with Gasteiger partial charge in [0.25, 0.3) is 11.8 Å². The summed E-state index contributed by atoms with van der Waals surface area (Å²) in [6, 6.07) is 12.3. The van der Waals surface area contributed by atoms with Crippen molar-refractivity contribution in [1.29, 1.82) is 5.41 Å². The van der Waals surface area contributed by atoms with E-state index >= 15 is 0 Å². The average molecular weight is 462 g/mol. The van der Waals surface area contributed by atoms with Crippen molar-refractivity contribution in [2.45, 2.75) is 13.0 Å². The first kappa shape index (κ1) is 21.0. The van der Waals surface area contributed by atoms with E-state index in [4.69, 9.17) is 11.1 Å². The highest BCUT2D eigenvalue weighted by Gasteiger charge is 2.35. The Kier molecular flexibility index (Phi) is 5.26. The smallest absolute Gasteiger partial charge is 0.259 e. The Morgan fingerprint density at radius 2 is 1.76 bits per heavy atom. The predicted octanol–water partition coefficient (Wildman–Crippen LogP) is 3.85. The van der Waals surface area contributed by atoms with E-state index in [-0.39, 0.29) is 16.3 Å². The molecule has 5 rings (SSSR count). The monoisotopic (exact) mass is 461 g/mol. The number of benzene rings is 2. The summed E-state index contributed by atoms with van der Waals surface area (Å²) in [5.41, 5.74) is 8.26. The first-order valence-electron chi connectivity index (χ1n) is 10.4. The van der Waals surface area contributed by atoms with Crippen molar-refractivity contribution < 1.29 is 14.0 Å². The van der Waals surface area contributed by atoms with Crippen molar-refractivity contribution in [1.82, 2.24) is 14.9 Å². The highest BCUT2D eigenvalue weighted by Crippen LogP contribution is 2.38. The summed E-state index contributed by atoms with van der Waals surface area (Å²) in [7, 11) is 0. The minimum atomic E-state index is -0.504. The molecule has 7 nitrogen and oxygen atoms in total. The third-order valence-corrected chi connectivity index (χ3v) is 6.51. The van der Waals surface area contributed by atoms with E-state index in [0.29, 0.717) is 40.7 Å². The van der Waals surface area contributed by atoms with Gasteiger partial charge in [-0.2, -0.15) is 0 Å². The van der Waals surface area contributed by atoms with Gasteiger partial charge in [-0.25, -0.2) is 4.39 Å². The van der Waals surface area contributed by atoms with Crippen molar-refractivity contribution in [2.24, 2.45) is 5.73 Å². The van der Waals surface area contributed by atoms with E-state index in [1.807, 2.05) is 24.3 Å². The third-order valence-electron chi connectivity index (χ3n) is 5.71. The maximum absolute atomic E-state index is 14.9. The average Bonchev–Trinajstić information content (AvgIpc) is 3.44. The molecule has 9 heteroatoms. The molecule has 0 spiro atoms. The molecule has 0 atom stereocenters. The number of amidine groups is 1. The Morgan fingerprint density at radius 1 is 1.03 bits per heavy atom. The minimum Gasteiger partial charge on any atom is -0.379 e. The van der Waals surface area contributed by atoms with Gasteiger partial charge < -0.3 is 15.3 Å². The molecule has 0 aliphatic carbocycles. The lowest BCUT2D eigenvalue weighted by Gasteiger charge is -2.05. The van der Waals surface area contributed by atoms with Gasteiger partial charge in [0.2, 0.25) is 0 Å². The van der Waals surface area contributed by atoms with Crippen LogP contribution in [0.15, 0.2) is 54.9 Å². The first-order valence-corrected chi connectivity index (χ1v) is 11.3. The zero-order valence-corrected chi connectivity index (χ0v) is 18.3. The Morgan fingerprint density at radius 3 is 2.55 bits per heavy atom. The molecule has 0 unspecified atom stereocenters. The normalized spacial score (nSPS) is 14.0. The molecule has 0 bridgehead atoms. The molecule has 33 heavy (non-hydrogen) atoms. The number of nitrogens with zero attached hydrogens (tertiary/aromatic N) is 1. The van der Waals surface area contributed by atoms with Gasteiger partial charge >= 0.3 is 0 Å². The zero-order valence-electron chi connectivity index (χ0n) is 17.4. The second kappa shape index (κ2) is 8.25. The van der Waals surface area contributed by atoms with Crippen LogP contribution < -0.4 is 11.1 Å². The Balaban J connectivity index is 1.68. The van der Waals surface area contributed by atoms with Crippen molar-refractivity contribution in [3.8, 4) is 0 Å². The fraction of sp³-hybridized carbons (Fsp3) is 0.125. The van der Waals surface area contributed by atoms with Crippen LogP contribution in [0.1, 0.15) is 17.5 Å². The Bertz CT molecular complexity index is 1480. The number of nitrogens with two attached hydrogens (primary N) is 1. The molecule has 0 radical (unpaired) electrons. The Hall–Kier alpha value is -3.85. The molecule has 0 saturated carbocycles. The molecule has 0 fully saturated rings. The molecule has 2 aromatic carbocycles. The SMILES string of the molecule is N=C(N)SCCCn1cc(C2=C(c3c[nH]c4ccccc34)C(=O)NC2=O)c2cccc(F)c21. The summed E-state index contributed by atoms with van der Waals surface area (Å²) in [6.07, 6.45) is 4.10. The molecule has 4 aromatic rings. The first-order chi connectivity index (χ1) is 16.0. The lowest BCUT2D eigenvalue weighted by Crippen LogP contribution is -2.22. The second-order valence-electron chi connectivity index (χ2n) is 7.72. The second-order valence-corrected chi connectivity index (χ2v) is 8.86. The van der Waals surface area contributed by atoms with E-state index in [2.05, 4.69) is 10.3 Å². The number of hydrogen-bond acceptors (Lipinski definition) is 4. The van der Waals surface area contributed by atoms with Crippen LogP contribution >= 0.6 is 11.8 Å². The van der Waals surface area contributed by atoms with E-state index in [9.17, 15) is 14.0 Å². The van der Waals surface area contributed by atoms with Crippen molar-refractivity contribution in [3.63, 3.8) is 0 Å². The topological polar surface area (TPSA) is 117 Å². The van der Waals surface area contributed by atoms with E-state index in [0.717, 1.165) is 10.9 Å². The quantitative estimate of drug-likeness (QED) is 0.151. The molecule has 0 saturated heterocycles. The molecule has 2 aromatic heterocycles. The number of aromatic nitrogens is 2. The van der Waals surface area contributed by atoms with Crippen molar-refractivity contribution in [2.75, 3.05) is 5.75 Å². The number of imide groups is 1. The van der Waals surface area contributed by atoms with Gasteiger partial charge in [0.05, 0.1) is 16.7 Å². The molecule has 3 heterocycles. The van der Waals surface area contributed by atoms with Crippen molar-refractivity contribution in [3.05, 3.63) is 71.8 Å². The number of nitrogens with one attached hydrogen (secondary N) is 3. The number of halogens is 1. The van der Waals surface area contributed by atoms with Gasteiger partial charge in [0.1, 0.15) is 5.82 Å². The molecule has 5 N–H and O–H groups in total. The van der Waals surface area contributed by atoms with E-state index in [1.165, 1.54) is 17.8 Å². The number of para-hydroxylation sites is 2. The number of hydrogen-bond donors (Lipinski definition) is 4. The lowest BCUT2D eigenvalue weighted by molar-refractivity contribution is -0.122. The van der Waals surface area contributed by atoms with Crippen LogP contribution in [0.2, 0.25) is 0 Å². The van der Waals surface area contributed by atoms with Crippen LogP contribution in [0.5, 0.6) is 0 Å². The number of thioether (sulfide) groups is 1. The number of carbonyl (C=O) groups is 2. The number of carbonyl (C=O) groups excluding carboxylic acids is 2. The third kappa shape index (κ3) is 3.60. The molecular weight excluding hydrogens is 441 g/mol. The number of H-pyrrole nitrogens is 1. The summed E-state index contributed by atoms with van der Waals surface area (Å²) >= 11 is 1.23. The van der Waals surface area contributed by atoms with E-state index < -0.39 is 17.6 Å². The maximum Gasteiger partial charge on any atom is 0.259 e. The van der Waals surface area contributed by atoms with Crippen molar-refractivity contribution >= 4 is 61.7 Å². The van der Waals surface area contributed by atoms with Crippen LogP contribution in [0, 0.1) is 11.2 Å². The molecule has 166 valence electrons. The highest BCUT2D eigenvalue weighted by molar-refractivity contribution is 8.13. The van der Waals surface area contributed by atoms with Gasteiger partial charge in [0.15, 0.2) is 5.17 Å². The van der Waals surface area contributed by atoms with Gasteiger partial charge in [0, 0.05) is 52.1 Å². The fourth-order valence-electron chi connectivity index (χ4n) is 4.35. The molecule has 2 amide bonds. The number of rotatable bonds is 6. The van der Waals surface area contributed by atoms with Crippen LogP contribution in [-0.4, -0.2) is 32.3 Å². The zero-order chi connectivity index (χ0) is 23.1. The van der Waals surface area contributed by atoms with E-state index in [1.54, 1.807) is 29.1 Å².